The van der Waals surface area contributed by atoms with Crippen molar-refractivity contribution in [3.05, 3.63) is 59.7 Å². The number of hydrogen-bond donors (Lipinski definition) is 1. The molecule has 7 heteroatoms. The summed E-state index contributed by atoms with van der Waals surface area (Å²) >= 11 is 0. The lowest BCUT2D eigenvalue weighted by Gasteiger charge is -2.22. The van der Waals surface area contributed by atoms with Gasteiger partial charge in [0.2, 0.25) is 5.91 Å². The van der Waals surface area contributed by atoms with E-state index in [1.807, 2.05) is 12.1 Å². The summed E-state index contributed by atoms with van der Waals surface area (Å²) in [7, 11) is -4.03. The Hall–Kier alpha value is -2.67. The van der Waals surface area contributed by atoms with Gasteiger partial charge in [-0.2, -0.15) is 0 Å². The van der Waals surface area contributed by atoms with Crippen LogP contribution in [-0.4, -0.2) is 30.6 Å². The van der Waals surface area contributed by atoms with Gasteiger partial charge in [-0.3, -0.25) is 9.59 Å². The fourth-order valence-corrected chi connectivity index (χ4v) is 4.62. The zero-order valence-electron chi connectivity index (χ0n) is 14.8. The molecular weight excluding hydrogens is 352 g/mol. The molecular formula is C19H20N2O4S. The molecule has 0 fully saturated rings. The lowest BCUT2D eigenvalue weighted by atomic mass is 10.0. The second-order valence-corrected chi connectivity index (χ2v) is 8.33. The Kier molecular flexibility index (Phi) is 4.58. The van der Waals surface area contributed by atoms with Crippen LogP contribution < -0.4 is 5.32 Å². The average molecular weight is 372 g/mol. The predicted octanol–water partition coefficient (Wildman–Crippen LogP) is 2.98. The van der Waals surface area contributed by atoms with Crippen molar-refractivity contribution in [2.24, 2.45) is 0 Å². The van der Waals surface area contributed by atoms with Crippen LogP contribution in [0.2, 0.25) is 0 Å². The lowest BCUT2D eigenvalue weighted by Crippen LogP contribution is -2.45. The number of sulfonamides is 1. The van der Waals surface area contributed by atoms with E-state index < -0.39 is 27.9 Å². The first-order valence-corrected chi connectivity index (χ1v) is 9.76. The van der Waals surface area contributed by atoms with Crippen LogP contribution in [-0.2, 0) is 14.8 Å². The number of rotatable bonds is 4. The predicted molar refractivity (Wildman–Crippen MR) is 98.4 cm³/mol. The van der Waals surface area contributed by atoms with Gasteiger partial charge in [-0.15, -0.1) is 0 Å². The van der Waals surface area contributed by atoms with Crippen LogP contribution in [0.15, 0.2) is 53.4 Å². The van der Waals surface area contributed by atoms with Gasteiger partial charge in [0, 0.05) is 5.69 Å². The van der Waals surface area contributed by atoms with Crippen molar-refractivity contribution in [3.63, 3.8) is 0 Å². The Morgan fingerprint density at radius 3 is 2.19 bits per heavy atom. The third-order valence-electron chi connectivity index (χ3n) is 4.43. The molecule has 0 saturated carbocycles. The van der Waals surface area contributed by atoms with Gasteiger partial charge in [-0.1, -0.05) is 38.1 Å². The van der Waals surface area contributed by atoms with E-state index in [1.54, 1.807) is 24.3 Å². The highest BCUT2D eigenvalue weighted by atomic mass is 32.2. The van der Waals surface area contributed by atoms with E-state index in [4.69, 9.17) is 0 Å². The Morgan fingerprint density at radius 1 is 1.00 bits per heavy atom. The summed E-state index contributed by atoms with van der Waals surface area (Å²) in [4.78, 5) is 25.0. The molecule has 0 radical (unpaired) electrons. The van der Waals surface area contributed by atoms with Crippen LogP contribution in [0.25, 0.3) is 0 Å². The number of nitrogens with one attached hydrogen (secondary N) is 1. The molecule has 0 saturated heterocycles. The zero-order chi connectivity index (χ0) is 19.1. The number of carbonyl (C=O) groups excluding carboxylic acids is 2. The summed E-state index contributed by atoms with van der Waals surface area (Å²) in [6, 6.07) is 12.1. The fourth-order valence-electron chi connectivity index (χ4n) is 2.89. The monoisotopic (exact) mass is 372 g/mol. The van der Waals surface area contributed by atoms with E-state index >= 15 is 0 Å². The minimum absolute atomic E-state index is 0.0639. The highest BCUT2D eigenvalue weighted by Gasteiger charge is 2.45. The van der Waals surface area contributed by atoms with Gasteiger partial charge in [0.1, 0.15) is 10.9 Å². The third-order valence-corrected chi connectivity index (χ3v) is 6.34. The van der Waals surface area contributed by atoms with Crippen molar-refractivity contribution in [2.45, 2.75) is 37.6 Å². The van der Waals surface area contributed by atoms with Gasteiger partial charge in [-0.05, 0) is 42.7 Å². The molecule has 3 rings (SSSR count). The van der Waals surface area contributed by atoms with E-state index in [0.717, 1.165) is 5.56 Å². The fraction of sp³-hybridized carbons (Fsp3) is 0.263. The van der Waals surface area contributed by atoms with Gasteiger partial charge in [0.15, 0.2) is 0 Å². The number of nitrogens with zero attached hydrogens (tertiary/aromatic N) is 1. The third kappa shape index (κ3) is 2.99. The molecule has 0 bridgehead atoms. The molecule has 0 aliphatic carbocycles. The van der Waals surface area contributed by atoms with Crippen LogP contribution in [0.4, 0.5) is 5.69 Å². The van der Waals surface area contributed by atoms with Gasteiger partial charge >= 0.3 is 0 Å². The highest BCUT2D eigenvalue weighted by molar-refractivity contribution is 7.90. The number of hydrogen-bond acceptors (Lipinski definition) is 4. The molecule has 136 valence electrons. The lowest BCUT2D eigenvalue weighted by molar-refractivity contribution is -0.118. The molecule has 1 aliphatic heterocycles. The number of fused-ring (bicyclic) bond motifs is 1. The molecule has 1 unspecified atom stereocenters. The second-order valence-electron chi connectivity index (χ2n) is 6.54. The number of amides is 2. The van der Waals surface area contributed by atoms with Crippen molar-refractivity contribution >= 4 is 27.5 Å². The Bertz CT molecular complexity index is 965. The molecule has 2 aromatic carbocycles. The van der Waals surface area contributed by atoms with Crippen molar-refractivity contribution in [1.29, 1.82) is 0 Å². The van der Waals surface area contributed by atoms with Gasteiger partial charge in [0.25, 0.3) is 15.9 Å². The summed E-state index contributed by atoms with van der Waals surface area (Å²) in [5.41, 5.74) is 1.77. The maximum atomic E-state index is 12.6. The molecule has 2 aromatic rings. The largest absolute Gasteiger partial charge is 0.324 e. The first kappa shape index (κ1) is 18.1. The van der Waals surface area contributed by atoms with Crippen LogP contribution in [0.3, 0.4) is 0 Å². The average Bonchev–Trinajstić information content (AvgIpc) is 2.81. The Labute approximate surface area is 152 Å². The van der Waals surface area contributed by atoms with Crippen LogP contribution in [0.5, 0.6) is 0 Å². The van der Waals surface area contributed by atoms with E-state index in [-0.39, 0.29) is 10.5 Å². The molecule has 1 heterocycles. The van der Waals surface area contributed by atoms with Crippen molar-refractivity contribution in [2.75, 3.05) is 5.32 Å². The Balaban J connectivity index is 1.82. The van der Waals surface area contributed by atoms with E-state index in [1.165, 1.54) is 19.1 Å². The molecule has 0 aromatic heterocycles. The number of benzene rings is 2. The summed E-state index contributed by atoms with van der Waals surface area (Å²) in [6.45, 7) is 5.54. The molecule has 1 atom stereocenters. The molecule has 0 spiro atoms. The second kappa shape index (κ2) is 6.57. The normalized spacial score (nSPS) is 16.5. The number of carbonyl (C=O) groups is 2. The molecule has 6 nitrogen and oxygen atoms in total. The van der Waals surface area contributed by atoms with Crippen molar-refractivity contribution in [1.82, 2.24) is 4.31 Å². The van der Waals surface area contributed by atoms with Crippen LogP contribution in [0.1, 0.15) is 42.6 Å². The van der Waals surface area contributed by atoms with Crippen molar-refractivity contribution in [3.8, 4) is 0 Å². The standard InChI is InChI=1S/C19H20N2O4S/c1-12(2)14-8-10-15(11-9-14)20-18(22)13(3)21-19(23)16-6-4-5-7-17(16)26(21,24)25/h4-13H,1-3H3,(H,20,22). The molecule has 1 N–H and O–H groups in total. The summed E-state index contributed by atoms with van der Waals surface area (Å²) in [5, 5.41) is 2.67. The van der Waals surface area contributed by atoms with Gasteiger partial charge in [0.05, 0.1) is 5.56 Å². The van der Waals surface area contributed by atoms with E-state index in [2.05, 4.69) is 19.2 Å². The SMILES string of the molecule is CC(C)c1ccc(NC(=O)C(C)N2C(=O)c3ccccc3S2(=O)=O)cc1. The smallest absolute Gasteiger partial charge is 0.269 e. The maximum absolute atomic E-state index is 12.6. The first-order chi connectivity index (χ1) is 12.2. The van der Waals surface area contributed by atoms with E-state index in [0.29, 0.717) is 15.9 Å². The van der Waals surface area contributed by atoms with Crippen LogP contribution >= 0.6 is 0 Å². The van der Waals surface area contributed by atoms with Gasteiger partial charge < -0.3 is 5.32 Å². The topological polar surface area (TPSA) is 83.6 Å². The quantitative estimate of drug-likeness (QED) is 0.894. The zero-order valence-corrected chi connectivity index (χ0v) is 15.6. The maximum Gasteiger partial charge on any atom is 0.269 e. The Morgan fingerprint density at radius 2 is 1.62 bits per heavy atom. The summed E-state index contributed by atoms with van der Waals surface area (Å²) in [6.07, 6.45) is 0. The number of anilines is 1. The molecule has 26 heavy (non-hydrogen) atoms. The minimum Gasteiger partial charge on any atom is -0.324 e. The molecule has 1 aliphatic rings. The molecule has 2 amide bonds. The highest BCUT2D eigenvalue weighted by Crippen LogP contribution is 2.32. The van der Waals surface area contributed by atoms with Gasteiger partial charge in [-0.25, -0.2) is 12.7 Å². The van der Waals surface area contributed by atoms with Crippen LogP contribution in [0, 0.1) is 0 Å². The summed E-state index contributed by atoms with van der Waals surface area (Å²) < 4.78 is 25.9. The minimum atomic E-state index is -4.03. The summed E-state index contributed by atoms with van der Waals surface area (Å²) in [5.74, 6) is -0.880. The van der Waals surface area contributed by atoms with Crippen molar-refractivity contribution < 1.29 is 18.0 Å². The van der Waals surface area contributed by atoms with E-state index in [9.17, 15) is 18.0 Å². The first-order valence-electron chi connectivity index (χ1n) is 8.32.